The van der Waals surface area contributed by atoms with E-state index in [1.807, 2.05) is 12.1 Å². The maximum Gasteiger partial charge on any atom is 0.262 e. The number of anilines is 1. The molecule has 1 aliphatic heterocycles. The zero-order valence-electron chi connectivity index (χ0n) is 18.8. The van der Waals surface area contributed by atoms with E-state index in [4.69, 9.17) is 0 Å². The maximum atomic E-state index is 13.1. The fourth-order valence-corrected chi connectivity index (χ4v) is 6.10. The van der Waals surface area contributed by atoms with Crippen molar-refractivity contribution in [3.63, 3.8) is 0 Å². The minimum Gasteiger partial charge on any atom is -0.280 e. The van der Waals surface area contributed by atoms with Crippen LogP contribution in [-0.4, -0.2) is 25.1 Å². The lowest BCUT2D eigenvalue weighted by Gasteiger charge is -2.19. The van der Waals surface area contributed by atoms with Gasteiger partial charge < -0.3 is 0 Å². The molecule has 170 valence electrons. The number of nitrogens with zero attached hydrogens (tertiary/aromatic N) is 1. The fourth-order valence-electron chi connectivity index (χ4n) is 4.75. The van der Waals surface area contributed by atoms with Gasteiger partial charge >= 0.3 is 0 Å². The number of amides is 2. The minimum atomic E-state index is -3.82. The number of imide groups is 1. The summed E-state index contributed by atoms with van der Waals surface area (Å²) in [7, 11) is -3.82. The molecule has 0 aromatic heterocycles. The van der Waals surface area contributed by atoms with Crippen LogP contribution in [0, 0.1) is 18.8 Å². The lowest BCUT2D eigenvalue weighted by molar-refractivity contribution is -0.140. The van der Waals surface area contributed by atoms with Crippen LogP contribution >= 0.6 is 0 Å². The van der Waals surface area contributed by atoms with Gasteiger partial charge in [0.15, 0.2) is 0 Å². The smallest absolute Gasteiger partial charge is 0.262 e. The van der Waals surface area contributed by atoms with Crippen LogP contribution in [0.5, 0.6) is 0 Å². The third kappa shape index (κ3) is 4.31. The Morgan fingerprint density at radius 2 is 1.56 bits per heavy atom. The van der Waals surface area contributed by atoms with Gasteiger partial charge in [0.1, 0.15) is 0 Å². The lowest BCUT2D eigenvalue weighted by atomic mass is 9.81. The highest BCUT2D eigenvalue weighted by Gasteiger charge is 2.47. The van der Waals surface area contributed by atoms with Crippen molar-refractivity contribution < 1.29 is 18.0 Å². The number of benzene rings is 2. The summed E-state index contributed by atoms with van der Waals surface area (Å²) in [5, 5.41) is 0. The summed E-state index contributed by atoms with van der Waals surface area (Å²) in [5.74, 6) is -0.290. The highest BCUT2D eigenvalue weighted by Crippen LogP contribution is 2.38. The molecule has 2 aromatic carbocycles. The van der Waals surface area contributed by atoms with E-state index in [-0.39, 0.29) is 35.1 Å². The Kier molecular flexibility index (Phi) is 6.12. The molecule has 2 fully saturated rings. The van der Waals surface area contributed by atoms with Crippen LogP contribution in [0.4, 0.5) is 5.69 Å². The van der Waals surface area contributed by atoms with Gasteiger partial charge in [-0.05, 0) is 60.6 Å². The molecule has 2 aromatic rings. The summed E-state index contributed by atoms with van der Waals surface area (Å²) in [6.07, 6.45) is 3.48. The number of sulfonamides is 1. The van der Waals surface area contributed by atoms with Gasteiger partial charge in [-0.1, -0.05) is 51.0 Å². The fraction of sp³-hybridized carbons (Fsp3) is 0.440. The number of carbonyl (C=O) groups is 2. The summed E-state index contributed by atoms with van der Waals surface area (Å²) in [5.41, 5.74) is 2.86. The highest BCUT2D eigenvalue weighted by atomic mass is 32.2. The van der Waals surface area contributed by atoms with Gasteiger partial charge in [0, 0.05) is 5.69 Å². The van der Waals surface area contributed by atoms with E-state index in [2.05, 4.69) is 18.6 Å². The summed E-state index contributed by atoms with van der Waals surface area (Å²) >= 11 is 0. The van der Waals surface area contributed by atoms with Crippen molar-refractivity contribution in [3.8, 4) is 0 Å². The first kappa shape index (κ1) is 22.5. The Morgan fingerprint density at radius 1 is 0.969 bits per heavy atom. The molecule has 0 radical (unpaired) electrons. The Morgan fingerprint density at radius 3 is 2.12 bits per heavy atom. The third-order valence-electron chi connectivity index (χ3n) is 6.64. The van der Waals surface area contributed by atoms with Crippen molar-refractivity contribution in [2.45, 2.75) is 63.8 Å². The van der Waals surface area contributed by atoms with E-state index >= 15 is 0 Å². The van der Waals surface area contributed by atoms with Crippen LogP contribution in [0.2, 0.25) is 0 Å². The monoisotopic (exact) mass is 454 g/mol. The van der Waals surface area contributed by atoms with Crippen molar-refractivity contribution in [1.29, 1.82) is 0 Å². The second-order valence-corrected chi connectivity index (χ2v) is 10.9. The van der Waals surface area contributed by atoms with Crippen LogP contribution in [0.3, 0.4) is 0 Å². The van der Waals surface area contributed by atoms with Gasteiger partial charge in [-0.2, -0.15) is 0 Å². The highest BCUT2D eigenvalue weighted by molar-refractivity contribution is 7.92. The molecule has 4 rings (SSSR count). The second kappa shape index (κ2) is 8.70. The van der Waals surface area contributed by atoms with E-state index in [1.54, 1.807) is 37.3 Å². The summed E-state index contributed by atoms with van der Waals surface area (Å²) in [6, 6.07) is 12.4. The number of nitrogens with one attached hydrogen (secondary N) is 1. The number of hydrogen-bond acceptors (Lipinski definition) is 4. The number of rotatable bonds is 6. The summed E-state index contributed by atoms with van der Waals surface area (Å²) < 4.78 is 28.9. The number of aryl methyl sites for hydroxylation is 1. The number of hydrogen-bond donors (Lipinski definition) is 1. The number of likely N-dealkylation sites (tertiary alicyclic amines) is 1. The van der Waals surface area contributed by atoms with E-state index in [1.165, 1.54) is 4.90 Å². The molecule has 2 amide bonds. The number of fused-ring (bicyclic) bond motifs is 1. The maximum absolute atomic E-state index is 13.1. The van der Waals surface area contributed by atoms with E-state index in [0.29, 0.717) is 22.7 Å². The van der Waals surface area contributed by atoms with Gasteiger partial charge in [0.25, 0.3) is 10.0 Å². The molecule has 32 heavy (non-hydrogen) atoms. The molecule has 1 saturated carbocycles. The van der Waals surface area contributed by atoms with E-state index < -0.39 is 10.0 Å². The Balaban J connectivity index is 1.55. The molecule has 0 bridgehead atoms. The van der Waals surface area contributed by atoms with Crippen LogP contribution in [0.15, 0.2) is 47.4 Å². The van der Waals surface area contributed by atoms with Gasteiger partial charge in [-0.15, -0.1) is 0 Å². The van der Waals surface area contributed by atoms with Crippen molar-refractivity contribution in [2.75, 3.05) is 4.72 Å². The average molecular weight is 455 g/mol. The predicted molar refractivity (Wildman–Crippen MR) is 124 cm³/mol. The van der Waals surface area contributed by atoms with Crippen LogP contribution in [0.1, 0.15) is 62.1 Å². The number of carbonyl (C=O) groups excluding carboxylic acids is 2. The largest absolute Gasteiger partial charge is 0.280 e. The predicted octanol–water partition coefficient (Wildman–Crippen LogP) is 4.59. The van der Waals surface area contributed by atoms with Crippen molar-refractivity contribution >= 4 is 27.5 Å². The standard InChI is InChI=1S/C25H30N2O4S/c1-16(2)19-10-12-20(13-11-19)26-32(30,31)23-14-18(9-8-17(23)3)15-27-24(28)21-6-4-5-7-22(21)25(27)29/h8-14,16,21-22,26H,4-7,15H2,1-3H3/t21-,22+. The zero-order chi connectivity index (χ0) is 23.0. The van der Waals surface area contributed by atoms with Crippen molar-refractivity contribution in [3.05, 3.63) is 59.2 Å². The van der Waals surface area contributed by atoms with Gasteiger partial charge in [0.2, 0.25) is 11.8 Å². The minimum absolute atomic E-state index is 0.108. The first-order valence-corrected chi connectivity index (χ1v) is 12.7. The van der Waals surface area contributed by atoms with Gasteiger partial charge in [-0.25, -0.2) is 8.42 Å². The molecule has 7 heteroatoms. The molecule has 1 aliphatic carbocycles. The molecule has 1 N–H and O–H groups in total. The first-order chi connectivity index (χ1) is 15.2. The Labute approximate surface area is 190 Å². The second-order valence-electron chi connectivity index (χ2n) is 9.24. The molecule has 0 spiro atoms. The molecule has 1 heterocycles. The quantitative estimate of drug-likeness (QED) is 0.647. The van der Waals surface area contributed by atoms with E-state index in [9.17, 15) is 18.0 Å². The Bertz CT molecular complexity index is 1120. The molecule has 2 aliphatic rings. The van der Waals surface area contributed by atoms with Crippen molar-refractivity contribution in [2.24, 2.45) is 11.8 Å². The average Bonchev–Trinajstić information content (AvgIpc) is 3.00. The summed E-state index contributed by atoms with van der Waals surface area (Å²) in [4.78, 5) is 27.1. The first-order valence-electron chi connectivity index (χ1n) is 11.2. The van der Waals surface area contributed by atoms with Crippen LogP contribution in [-0.2, 0) is 26.2 Å². The van der Waals surface area contributed by atoms with Gasteiger partial charge in [0.05, 0.1) is 23.3 Å². The van der Waals surface area contributed by atoms with Crippen LogP contribution in [0.25, 0.3) is 0 Å². The third-order valence-corrected chi connectivity index (χ3v) is 8.17. The van der Waals surface area contributed by atoms with E-state index in [0.717, 1.165) is 31.2 Å². The normalized spacial score (nSPS) is 21.2. The molecule has 0 unspecified atom stereocenters. The van der Waals surface area contributed by atoms with Crippen molar-refractivity contribution in [1.82, 2.24) is 4.90 Å². The SMILES string of the molecule is Cc1ccc(CN2C(=O)[C@H]3CCCC[C@H]3C2=O)cc1S(=O)(=O)Nc1ccc(C(C)C)cc1. The molecule has 2 atom stereocenters. The molecular weight excluding hydrogens is 424 g/mol. The van der Waals surface area contributed by atoms with Gasteiger partial charge in [-0.3, -0.25) is 19.2 Å². The lowest BCUT2D eigenvalue weighted by Crippen LogP contribution is -2.30. The summed E-state index contributed by atoms with van der Waals surface area (Å²) in [6.45, 7) is 6.01. The molecular formula is C25H30N2O4S. The molecule has 6 nitrogen and oxygen atoms in total. The van der Waals surface area contributed by atoms with Crippen LogP contribution < -0.4 is 4.72 Å². The Hall–Kier alpha value is -2.67. The zero-order valence-corrected chi connectivity index (χ0v) is 19.6. The molecule has 1 saturated heterocycles. The topological polar surface area (TPSA) is 83.6 Å².